The Hall–Kier alpha value is -2.61. The second-order valence-corrected chi connectivity index (χ2v) is 6.33. The molecule has 3 aromatic heterocycles. The molecule has 0 atom stereocenters. The first-order chi connectivity index (χ1) is 11.5. The standard InChI is InChI=1S/C16H16N4O3S/c1-9-6-12(11(3)20(9)14-7-10(2)23-19-14)13(21)8-24-16-17-5-4-15(22)18-16/h4-7H,8H2,1-3H3,(H,17,18,22). The summed E-state index contributed by atoms with van der Waals surface area (Å²) in [6.45, 7) is 5.61. The Kier molecular flexibility index (Phi) is 4.39. The number of aromatic amines is 1. The molecule has 3 rings (SSSR count). The molecule has 0 aliphatic carbocycles. The average Bonchev–Trinajstić information content (AvgIpc) is 3.08. The van der Waals surface area contributed by atoms with Crippen molar-refractivity contribution < 1.29 is 9.32 Å². The predicted molar refractivity (Wildman–Crippen MR) is 90.0 cm³/mol. The van der Waals surface area contributed by atoms with Gasteiger partial charge in [-0.3, -0.25) is 14.2 Å². The molecule has 0 amide bonds. The van der Waals surface area contributed by atoms with Crippen LogP contribution in [0.3, 0.4) is 0 Å². The Morgan fingerprint density at radius 2 is 2.12 bits per heavy atom. The van der Waals surface area contributed by atoms with E-state index in [-0.39, 0.29) is 17.1 Å². The molecule has 8 heteroatoms. The SMILES string of the molecule is Cc1cc(-n2c(C)cc(C(=O)CSc3nccc(=O)[nH]3)c2C)no1. The van der Waals surface area contributed by atoms with E-state index in [2.05, 4.69) is 15.1 Å². The van der Waals surface area contributed by atoms with Crippen LogP contribution >= 0.6 is 11.8 Å². The lowest BCUT2D eigenvalue weighted by Gasteiger charge is -2.05. The number of aryl methyl sites for hydroxylation is 2. The molecule has 0 unspecified atom stereocenters. The Balaban J connectivity index is 1.82. The van der Waals surface area contributed by atoms with Gasteiger partial charge in [0.25, 0.3) is 5.56 Å². The van der Waals surface area contributed by atoms with Gasteiger partial charge in [0.2, 0.25) is 0 Å². The molecule has 7 nitrogen and oxygen atoms in total. The van der Waals surface area contributed by atoms with Crippen molar-refractivity contribution in [2.24, 2.45) is 0 Å². The molecule has 124 valence electrons. The van der Waals surface area contributed by atoms with Gasteiger partial charge in [0.05, 0.1) is 5.75 Å². The minimum atomic E-state index is -0.237. The highest BCUT2D eigenvalue weighted by atomic mass is 32.2. The molecule has 24 heavy (non-hydrogen) atoms. The van der Waals surface area contributed by atoms with Crippen molar-refractivity contribution in [1.29, 1.82) is 0 Å². The third kappa shape index (κ3) is 3.18. The minimum Gasteiger partial charge on any atom is -0.360 e. The molecule has 1 N–H and O–H groups in total. The molecule has 0 spiro atoms. The topological polar surface area (TPSA) is 93.8 Å². The molecule has 0 radical (unpaired) electrons. The zero-order valence-corrected chi connectivity index (χ0v) is 14.3. The highest BCUT2D eigenvalue weighted by Gasteiger charge is 2.18. The van der Waals surface area contributed by atoms with Crippen molar-refractivity contribution in [2.45, 2.75) is 25.9 Å². The number of hydrogen-bond donors (Lipinski definition) is 1. The number of nitrogens with zero attached hydrogens (tertiary/aromatic N) is 3. The third-order valence-corrected chi connectivity index (χ3v) is 4.45. The number of ketones is 1. The van der Waals surface area contributed by atoms with Crippen molar-refractivity contribution in [3.05, 3.63) is 57.5 Å². The van der Waals surface area contributed by atoms with Gasteiger partial charge >= 0.3 is 0 Å². The van der Waals surface area contributed by atoms with Crippen LogP contribution < -0.4 is 5.56 Å². The van der Waals surface area contributed by atoms with E-state index < -0.39 is 0 Å². The summed E-state index contributed by atoms with van der Waals surface area (Å²) in [5.41, 5.74) is 2.10. The van der Waals surface area contributed by atoms with Crippen LogP contribution in [0.1, 0.15) is 27.5 Å². The van der Waals surface area contributed by atoms with Crippen LogP contribution in [0.2, 0.25) is 0 Å². The number of nitrogens with one attached hydrogen (secondary N) is 1. The molecule has 0 aliphatic heterocycles. The summed E-state index contributed by atoms with van der Waals surface area (Å²) in [5.74, 6) is 1.52. The molecule has 0 saturated heterocycles. The zero-order valence-electron chi connectivity index (χ0n) is 13.5. The largest absolute Gasteiger partial charge is 0.360 e. The van der Waals surface area contributed by atoms with Crippen molar-refractivity contribution >= 4 is 17.5 Å². The first-order valence-corrected chi connectivity index (χ1v) is 8.28. The molecule has 0 aromatic carbocycles. The van der Waals surface area contributed by atoms with Gasteiger partial charge in [-0.15, -0.1) is 0 Å². The van der Waals surface area contributed by atoms with E-state index in [1.807, 2.05) is 37.5 Å². The van der Waals surface area contributed by atoms with Crippen LogP contribution in [-0.4, -0.2) is 31.2 Å². The van der Waals surface area contributed by atoms with Crippen molar-refractivity contribution in [3.63, 3.8) is 0 Å². The summed E-state index contributed by atoms with van der Waals surface area (Å²) < 4.78 is 7.00. The van der Waals surface area contributed by atoms with Crippen LogP contribution in [-0.2, 0) is 0 Å². The lowest BCUT2D eigenvalue weighted by Crippen LogP contribution is -2.09. The Labute approximate surface area is 142 Å². The highest BCUT2D eigenvalue weighted by molar-refractivity contribution is 7.99. The Bertz CT molecular complexity index is 954. The number of aromatic nitrogens is 4. The smallest absolute Gasteiger partial charge is 0.251 e. The molecule has 0 saturated carbocycles. The van der Waals surface area contributed by atoms with Crippen molar-refractivity contribution in [1.82, 2.24) is 19.7 Å². The molecule has 0 aliphatic rings. The van der Waals surface area contributed by atoms with Gasteiger partial charge in [-0.1, -0.05) is 16.9 Å². The average molecular weight is 344 g/mol. The number of hydrogen-bond acceptors (Lipinski definition) is 6. The number of Topliss-reactive ketones (excluding diaryl/α,β-unsaturated/α-hetero) is 1. The number of H-pyrrole nitrogens is 1. The molecule has 0 fully saturated rings. The predicted octanol–water partition coefficient (Wildman–Crippen LogP) is 2.45. The van der Waals surface area contributed by atoms with E-state index in [1.165, 1.54) is 24.0 Å². The van der Waals surface area contributed by atoms with Gasteiger partial charge in [0.15, 0.2) is 16.8 Å². The van der Waals surface area contributed by atoms with E-state index in [9.17, 15) is 9.59 Å². The van der Waals surface area contributed by atoms with E-state index in [0.29, 0.717) is 22.3 Å². The normalized spacial score (nSPS) is 11.0. The van der Waals surface area contributed by atoms with E-state index in [4.69, 9.17) is 4.52 Å². The zero-order chi connectivity index (χ0) is 17.3. The molecule has 3 heterocycles. The van der Waals surface area contributed by atoms with Crippen LogP contribution in [0.25, 0.3) is 5.82 Å². The number of thioether (sulfide) groups is 1. The molecular formula is C16H16N4O3S. The van der Waals surface area contributed by atoms with Gasteiger partial charge in [-0.05, 0) is 26.8 Å². The summed E-state index contributed by atoms with van der Waals surface area (Å²) in [4.78, 5) is 30.4. The van der Waals surface area contributed by atoms with Crippen LogP contribution in [0.15, 0.2) is 38.9 Å². The van der Waals surface area contributed by atoms with Crippen molar-refractivity contribution in [2.75, 3.05) is 5.75 Å². The Morgan fingerprint density at radius 1 is 1.33 bits per heavy atom. The van der Waals surface area contributed by atoms with Gasteiger partial charge in [-0.2, -0.15) is 0 Å². The molecule has 3 aromatic rings. The minimum absolute atomic E-state index is 0.0360. The fourth-order valence-corrected chi connectivity index (χ4v) is 3.22. The monoisotopic (exact) mass is 344 g/mol. The van der Waals surface area contributed by atoms with Gasteiger partial charge in [0.1, 0.15) is 5.76 Å². The van der Waals surface area contributed by atoms with E-state index in [1.54, 1.807) is 0 Å². The Morgan fingerprint density at radius 3 is 2.79 bits per heavy atom. The maximum atomic E-state index is 12.5. The second-order valence-electron chi connectivity index (χ2n) is 5.37. The van der Waals surface area contributed by atoms with Crippen LogP contribution in [0.5, 0.6) is 0 Å². The molecule has 0 bridgehead atoms. The molecular weight excluding hydrogens is 328 g/mol. The van der Waals surface area contributed by atoms with Crippen LogP contribution in [0, 0.1) is 20.8 Å². The highest BCUT2D eigenvalue weighted by Crippen LogP contribution is 2.23. The quantitative estimate of drug-likeness (QED) is 0.434. The summed E-state index contributed by atoms with van der Waals surface area (Å²) in [7, 11) is 0. The third-order valence-electron chi connectivity index (χ3n) is 3.56. The van der Waals surface area contributed by atoms with Crippen molar-refractivity contribution in [3.8, 4) is 5.82 Å². The van der Waals surface area contributed by atoms with E-state index in [0.717, 1.165) is 11.4 Å². The fourth-order valence-electron chi connectivity index (χ4n) is 2.49. The lowest BCUT2D eigenvalue weighted by atomic mass is 10.2. The maximum Gasteiger partial charge on any atom is 0.251 e. The first-order valence-electron chi connectivity index (χ1n) is 7.29. The van der Waals surface area contributed by atoms with Gasteiger partial charge < -0.3 is 9.51 Å². The first kappa shape index (κ1) is 16.3. The fraction of sp³-hybridized carbons (Fsp3) is 0.250. The maximum absolute atomic E-state index is 12.5. The van der Waals surface area contributed by atoms with Gasteiger partial charge in [0, 0.05) is 35.3 Å². The summed E-state index contributed by atoms with van der Waals surface area (Å²) in [6, 6.07) is 4.99. The number of rotatable bonds is 5. The number of carbonyl (C=O) groups excluding carboxylic acids is 1. The van der Waals surface area contributed by atoms with Crippen LogP contribution in [0.4, 0.5) is 0 Å². The summed E-state index contributed by atoms with van der Waals surface area (Å²) in [6.07, 6.45) is 1.42. The van der Waals surface area contributed by atoms with E-state index >= 15 is 0 Å². The summed E-state index contributed by atoms with van der Waals surface area (Å²) in [5, 5.41) is 4.43. The van der Waals surface area contributed by atoms with Gasteiger partial charge in [-0.25, -0.2) is 4.98 Å². The summed E-state index contributed by atoms with van der Waals surface area (Å²) >= 11 is 1.20. The number of carbonyl (C=O) groups is 1. The second kappa shape index (κ2) is 6.48. The lowest BCUT2D eigenvalue weighted by molar-refractivity contribution is 0.102.